The molecule has 2 N–H and O–H groups in total. The van der Waals surface area contributed by atoms with Gasteiger partial charge in [0.15, 0.2) is 0 Å². The Balaban J connectivity index is 1.82. The average Bonchev–Trinajstić information content (AvgIpc) is 3.08. The molecule has 2 aliphatic rings. The van der Waals surface area contributed by atoms with Crippen molar-refractivity contribution < 1.29 is 14.7 Å². The molecule has 6 nitrogen and oxygen atoms in total. The smallest absolute Gasteiger partial charge is 0.307 e. The van der Waals surface area contributed by atoms with E-state index in [0.717, 1.165) is 12.1 Å². The van der Waals surface area contributed by atoms with Crippen LogP contribution in [0.1, 0.15) is 12.1 Å². The van der Waals surface area contributed by atoms with Gasteiger partial charge in [0, 0.05) is 7.05 Å². The third kappa shape index (κ3) is 1.83. The minimum atomic E-state index is -0.884. The van der Waals surface area contributed by atoms with Crippen LogP contribution in [0.2, 0.25) is 0 Å². The fraction of sp³-hybridized carbons (Fsp3) is 0.500. The molecule has 1 aromatic rings. The number of carboxylic acid groups (broad SMARTS) is 1. The molecule has 1 fully saturated rings. The summed E-state index contributed by atoms with van der Waals surface area (Å²) >= 11 is 0. The van der Waals surface area contributed by atoms with Gasteiger partial charge < -0.3 is 10.4 Å². The van der Waals surface area contributed by atoms with E-state index < -0.39 is 17.8 Å². The second kappa shape index (κ2) is 4.47. The van der Waals surface area contributed by atoms with Crippen molar-refractivity contribution in [3.8, 4) is 0 Å². The average molecular weight is 275 g/mol. The van der Waals surface area contributed by atoms with Gasteiger partial charge in [0.25, 0.3) is 0 Å². The Morgan fingerprint density at radius 1 is 1.35 bits per heavy atom. The minimum Gasteiger partial charge on any atom is -0.481 e. The van der Waals surface area contributed by atoms with Crippen LogP contribution in [0, 0.1) is 30.6 Å². The number of carbonyl (C=O) groups is 2. The number of allylic oxidation sites excluding steroid dienone is 2. The maximum absolute atomic E-state index is 12.4. The predicted molar refractivity (Wildman–Crippen MR) is 71.9 cm³/mol. The third-order valence-electron chi connectivity index (χ3n) is 4.54. The summed E-state index contributed by atoms with van der Waals surface area (Å²) in [4.78, 5) is 23.8. The van der Waals surface area contributed by atoms with E-state index in [1.807, 2.05) is 19.1 Å². The lowest BCUT2D eigenvalue weighted by atomic mass is 9.82. The van der Waals surface area contributed by atoms with Crippen molar-refractivity contribution in [2.75, 3.05) is 5.32 Å². The summed E-state index contributed by atoms with van der Waals surface area (Å²) in [5.41, 5.74) is 1.50. The van der Waals surface area contributed by atoms with Gasteiger partial charge in [-0.05, 0) is 25.2 Å². The zero-order valence-corrected chi connectivity index (χ0v) is 11.4. The number of carbonyl (C=O) groups excluding carboxylic acids is 1. The van der Waals surface area contributed by atoms with Gasteiger partial charge in [-0.1, -0.05) is 12.2 Å². The van der Waals surface area contributed by atoms with Gasteiger partial charge in [0.1, 0.15) is 0 Å². The molecule has 0 unspecified atom stereocenters. The van der Waals surface area contributed by atoms with Gasteiger partial charge in [-0.15, -0.1) is 0 Å². The lowest BCUT2D eigenvalue weighted by Crippen LogP contribution is -2.36. The number of rotatable bonds is 3. The van der Waals surface area contributed by atoms with Crippen molar-refractivity contribution in [3.63, 3.8) is 0 Å². The monoisotopic (exact) mass is 275 g/mol. The normalized spacial score (nSPS) is 30.7. The summed E-state index contributed by atoms with van der Waals surface area (Å²) in [5, 5.41) is 16.2. The summed E-state index contributed by atoms with van der Waals surface area (Å²) in [6, 6.07) is 0. The van der Waals surface area contributed by atoms with E-state index in [0.29, 0.717) is 5.69 Å². The zero-order chi connectivity index (χ0) is 14.4. The molecule has 0 aliphatic heterocycles. The molecule has 6 heteroatoms. The predicted octanol–water partition coefficient (Wildman–Crippen LogP) is 1.19. The Labute approximate surface area is 116 Å². The highest BCUT2D eigenvalue weighted by atomic mass is 16.4. The Hall–Kier alpha value is -2.11. The second-order valence-electron chi connectivity index (χ2n) is 5.59. The van der Waals surface area contributed by atoms with Crippen LogP contribution in [-0.2, 0) is 16.6 Å². The first-order valence-electron chi connectivity index (χ1n) is 6.69. The van der Waals surface area contributed by atoms with Crippen molar-refractivity contribution in [3.05, 3.63) is 24.0 Å². The van der Waals surface area contributed by atoms with E-state index in [-0.39, 0.29) is 17.7 Å². The number of amides is 1. The maximum atomic E-state index is 12.4. The van der Waals surface area contributed by atoms with E-state index in [9.17, 15) is 14.7 Å². The molecule has 3 rings (SSSR count). The number of hydrogen-bond acceptors (Lipinski definition) is 3. The third-order valence-corrected chi connectivity index (χ3v) is 4.54. The molecule has 0 spiro atoms. The highest BCUT2D eigenvalue weighted by Crippen LogP contribution is 2.48. The second-order valence-corrected chi connectivity index (χ2v) is 5.59. The molecule has 106 valence electrons. The Morgan fingerprint density at radius 3 is 2.55 bits per heavy atom. The number of nitrogens with zero attached hydrogens (tertiary/aromatic N) is 2. The summed E-state index contributed by atoms with van der Waals surface area (Å²) in [6.45, 7) is 1.86. The van der Waals surface area contributed by atoms with Gasteiger partial charge in [-0.25, -0.2) is 0 Å². The van der Waals surface area contributed by atoms with Crippen LogP contribution in [0.25, 0.3) is 0 Å². The van der Waals surface area contributed by atoms with Crippen LogP contribution in [-0.4, -0.2) is 26.8 Å². The summed E-state index contributed by atoms with van der Waals surface area (Å²) < 4.78 is 1.67. The Morgan fingerprint density at radius 2 is 2.00 bits per heavy atom. The molecule has 2 bridgehead atoms. The molecule has 0 aromatic carbocycles. The van der Waals surface area contributed by atoms with E-state index in [1.54, 1.807) is 17.9 Å². The topological polar surface area (TPSA) is 84.2 Å². The first-order chi connectivity index (χ1) is 9.49. The van der Waals surface area contributed by atoms with Crippen LogP contribution in [0.4, 0.5) is 5.69 Å². The number of aliphatic carboxylic acids is 1. The van der Waals surface area contributed by atoms with Gasteiger partial charge in [0.05, 0.1) is 29.4 Å². The van der Waals surface area contributed by atoms with Crippen molar-refractivity contribution in [2.45, 2.75) is 13.3 Å². The van der Waals surface area contributed by atoms with Gasteiger partial charge in [-0.2, -0.15) is 5.10 Å². The van der Waals surface area contributed by atoms with E-state index >= 15 is 0 Å². The van der Waals surface area contributed by atoms with Gasteiger partial charge >= 0.3 is 5.97 Å². The van der Waals surface area contributed by atoms with E-state index in [1.165, 1.54) is 0 Å². The number of aromatic nitrogens is 2. The summed E-state index contributed by atoms with van der Waals surface area (Å²) in [5.74, 6) is -2.17. The number of anilines is 1. The van der Waals surface area contributed by atoms with Gasteiger partial charge in [0.2, 0.25) is 5.91 Å². The number of hydrogen-bond donors (Lipinski definition) is 2. The standard InChI is InChI=1S/C14H17N3O3/c1-7-10(6-15-17(7)2)16-13(18)11-8-3-4-9(5-8)12(11)14(19)20/h3-4,6,8-9,11-12H,5H2,1-2H3,(H,16,18)(H,19,20)/t8-,9+,11+,12+/m1/s1. The molecule has 1 aromatic heterocycles. The van der Waals surface area contributed by atoms with Gasteiger partial charge in [-0.3, -0.25) is 14.3 Å². The number of fused-ring (bicyclic) bond motifs is 2. The molecule has 1 heterocycles. The fourth-order valence-electron chi connectivity index (χ4n) is 3.35. The largest absolute Gasteiger partial charge is 0.481 e. The summed E-state index contributed by atoms with van der Waals surface area (Å²) in [7, 11) is 1.80. The van der Waals surface area contributed by atoms with E-state index in [4.69, 9.17) is 0 Å². The summed E-state index contributed by atoms with van der Waals surface area (Å²) in [6.07, 6.45) is 6.26. The number of aryl methyl sites for hydroxylation is 1. The molecule has 0 radical (unpaired) electrons. The fourth-order valence-corrected chi connectivity index (χ4v) is 3.35. The lowest BCUT2D eigenvalue weighted by Gasteiger charge is -2.23. The zero-order valence-electron chi connectivity index (χ0n) is 11.4. The molecule has 4 atom stereocenters. The highest BCUT2D eigenvalue weighted by molar-refractivity contribution is 5.96. The molecule has 1 saturated carbocycles. The number of carboxylic acids is 1. The van der Waals surface area contributed by atoms with Crippen molar-refractivity contribution in [1.82, 2.24) is 9.78 Å². The molecular weight excluding hydrogens is 258 g/mol. The molecule has 20 heavy (non-hydrogen) atoms. The SMILES string of the molecule is Cc1c(NC(=O)[C@@H]2[C@@H](C(=O)O)[C@H]3C=C[C@@H]2C3)cnn1C. The van der Waals surface area contributed by atoms with Crippen molar-refractivity contribution >= 4 is 17.6 Å². The van der Waals surface area contributed by atoms with Crippen LogP contribution in [0.5, 0.6) is 0 Å². The molecule has 0 saturated heterocycles. The van der Waals surface area contributed by atoms with Crippen LogP contribution < -0.4 is 5.32 Å². The quantitative estimate of drug-likeness (QED) is 0.812. The van der Waals surface area contributed by atoms with Crippen LogP contribution in [0.3, 0.4) is 0 Å². The van der Waals surface area contributed by atoms with E-state index in [2.05, 4.69) is 10.4 Å². The first kappa shape index (κ1) is 12.9. The Bertz CT molecular complexity index is 605. The van der Waals surface area contributed by atoms with Crippen molar-refractivity contribution in [2.24, 2.45) is 30.7 Å². The first-order valence-corrected chi connectivity index (χ1v) is 6.69. The molecule has 1 amide bonds. The highest BCUT2D eigenvalue weighted by Gasteiger charge is 2.51. The van der Waals surface area contributed by atoms with Crippen LogP contribution in [0.15, 0.2) is 18.3 Å². The van der Waals surface area contributed by atoms with Crippen molar-refractivity contribution in [1.29, 1.82) is 0 Å². The number of nitrogens with one attached hydrogen (secondary N) is 1. The maximum Gasteiger partial charge on any atom is 0.307 e. The molecular formula is C14H17N3O3. The van der Waals surface area contributed by atoms with Crippen LogP contribution >= 0.6 is 0 Å². The Kier molecular flexibility index (Phi) is 2.88. The molecule has 2 aliphatic carbocycles. The minimum absolute atomic E-state index is 0.0109. The lowest BCUT2D eigenvalue weighted by molar-refractivity contribution is -0.146.